The Hall–Kier alpha value is -6.17. The number of imide groups is 1. The number of aromatic nitrogens is 5. The van der Waals surface area contributed by atoms with E-state index < -0.39 is 41.0 Å². The number of anilines is 1. The predicted molar refractivity (Wildman–Crippen MR) is 213 cm³/mol. The number of nitrogens with zero attached hydrogens (tertiary/aromatic N) is 7. The summed E-state index contributed by atoms with van der Waals surface area (Å²) in [6.07, 6.45) is -2.47. The van der Waals surface area contributed by atoms with Crippen LogP contribution in [-0.2, 0) is 41.5 Å². The number of piperidine rings is 1. The fourth-order valence-electron chi connectivity index (χ4n) is 7.95. The van der Waals surface area contributed by atoms with Crippen molar-refractivity contribution in [1.29, 1.82) is 0 Å². The van der Waals surface area contributed by atoms with Crippen LogP contribution in [0.4, 0.5) is 18.9 Å². The second kappa shape index (κ2) is 15.2. The van der Waals surface area contributed by atoms with Gasteiger partial charge in [-0.25, -0.2) is 14.5 Å². The van der Waals surface area contributed by atoms with Crippen LogP contribution in [0.15, 0.2) is 83.8 Å². The van der Waals surface area contributed by atoms with E-state index in [0.717, 1.165) is 67.2 Å². The Balaban J connectivity index is 0.921. The number of amides is 3. The highest BCUT2D eigenvalue weighted by molar-refractivity contribution is 6.04. The van der Waals surface area contributed by atoms with E-state index in [1.54, 1.807) is 48.5 Å². The summed E-state index contributed by atoms with van der Waals surface area (Å²) in [6.45, 7) is 7.78. The van der Waals surface area contributed by atoms with Crippen LogP contribution in [0.3, 0.4) is 0 Å². The molecular formula is C42H42F3N9O5. The van der Waals surface area contributed by atoms with E-state index in [-0.39, 0.29) is 30.1 Å². The molecule has 0 bridgehead atoms. The molecule has 0 saturated carbocycles. The number of aliphatic hydroxyl groups is 1. The highest BCUT2D eigenvalue weighted by Gasteiger charge is 2.34. The van der Waals surface area contributed by atoms with Crippen LogP contribution in [0.5, 0.6) is 0 Å². The largest absolute Gasteiger partial charge is 0.433 e. The van der Waals surface area contributed by atoms with E-state index in [9.17, 15) is 37.5 Å². The summed E-state index contributed by atoms with van der Waals surface area (Å²) >= 11 is 0. The molecule has 1 unspecified atom stereocenters. The number of nitrogens with one attached hydrogen (secondary N) is 2. The molecule has 0 spiro atoms. The number of rotatable bonds is 9. The zero-order valence-electron chi connectivity index (χ0n) is 32.6. The Morgan fingerprint density at radius 1 is 0.932 bits per heavy atom. The normalized spacial score (nSPS) is 17.2. The molecule has 0 aliphatic carbocycles. The standard InChI is InChI=1S/C42H42F3N9O5/c1-41(2,59)29-21-31-27(20-32(29)47-38(56)30-7-5-9-35(46-30)42(43,44)45)24-53(49-31)28-12-10-25(11-13-28)22-51-16-18-52(19-17-51)23-26-6-4-8-33-37(26)50(3)40(58)54(33)34-14-15-36(55)48-39(34)57/h4-13,20-21,24,34,59H,14-19,22-23H2,1-3H3,(H,47,56)(H,48,55,57). The molecule has 17 heteroatoms. The van der Waals surface area contributed by atoms with Gasteiger partial charge in [-0.1, -0.05) is 30.3 Å². The van der Waals surface area contributed by atoms with Gasteiger partial charge in [0.15, 0.2) is 0 Å². The summed E-state index contributed by atoms with van der Waals surface area (Å²) in [4.78, 5) is 59.0. The number of aryl methyl sites for hydroxylation is 1. The molecule has 3 N–H and O–H groups in total. The zero-order valence-corrected chi connectivity index (χ0v) is 32.6. The minimum Gasteiger partial charge on any atom is -0.386 e. The smallest absolute Gasteiger partial charge is 0.386 e. The highest BCUT2D eigenvalue weighted by Crippen LogP contribution is 2.33. The number of imidazole rings is 1. The molecule has 14 nitrogen and oxygen atoms in total. The van der Waals surface area contributed by atoms with Gasteiger partial charge in [0.25, 0.3) is 5.91 Å². The summed E-state index contributed by atoms with van der Waals surface area (Å²) in [5.41, 5.74) is 2.15. The van der Waals surface area contributed by atoms with Crippen molar-refractivity contribution in [3.8, 4) is 5.69 Å². The molecule has 0 radical (unpaired) electrons. The van der Waals surface area contributed by atoms with Crippen LogP contribution < -0.4 is 16.3 Å². The summed E-state index contributed by atoms with van der Waals surface area (Å²) in [5.74, 6) is -1.63. The average molecular weight is 810 g/mol. The Morgan fingerprint density at radius 3 is 2.31 bits per heavy atom. The topological polar surface area (TPSA) is 160 Å². The van der Waals surface area contributed by atoms with Gasteiger partial charge in [-0.15, -0.1) is 0 Å². The third kappa shape index (κ3) is 8.00. The van der Waals surface area contributed by atoms with Crippen LogP contribution in [0.25, 0.3) is 27.6 Å². The van der Waals surface area contributed by atoms with Gasteiger partial charge in [0, 0.05) is 75.6 Å². The second-order valence-corrected chi connectivity index (χ2v) is 15.6. The quantitative estimate of drug-likeness (QED) is 0.173. The molecule has 59 heavy (non-hydrogen) atoms. The van der Waals surface area contributed by atoms with Crippen LogP contribution >= 0.6 is 0 Å². The van der Waals surface area contributed by atoms with Gasteiger partial charge >= 0.3 is 11.9 Å². The first-order valence-electron chi connectivity index (χ1n) is 19.2. The lowest BCUT2D eigenvalue weighted by Crippen LogP contribution is -2.45. The molecule has 8 rings (SSSR count). The van der Waals surface area contributed by atoms with Crippen molar-refractivity contribution in [3.05, 3.63) is 118 Å². The lowest BCUT2D eigenvalue weighted by Gasteiger charge is -2.35. The molecule has 3 amide bonds. The fourth-order valence-corrected chi connectivity index (χ4v) is 7.95. The van der Waals surface area contributed by atoms with Crippen molar-refractivity contribution in [3.63, 3.8) is 0 Å². The molecule has 6 aromatic rings. The van der Waals surface area contributed by atoms with Gasteiger partial charge in [0.2, 0.25) is 11.8 Å². The van der Waals surface area contributed by atoms with Crippen molar-refractivity contribution in [1.82, 2.24) is 39.0 Å². The second-order valence-electron chi connectivity index (χ2n) is 15.6. The average Bonchev–Trinajstić information content (AvgIpc) is 3.72. The number of hydrogen-bond acceptors (Lipinski definition) is 9. The third-order valence-electron chi connectivity index (χ3n) is 11.0. The number of halogens is 3. The number of fused-ring (bicyclic) bond motifs is 2. The Kier molecular flexibility index (Phi) is 10.2. The molecule has 1 atom stereocenters. The van der Waals surface area contributed by atoms with E-state index in [2.05, 4.69) is 25.4 Å². The number of hydrogen-bond donors (Lipinski definition) is 3. The summed E-state index contributed by atoms with van der Waals surface area (Å²) in [6, 6.07) is 19.4. The number of alkyl halides is 3. The lowest BCUT2D eigenvalue weighted by molar-refractivity contribution is -0.141. The summed E-state index contributed by atoms with van der Waals surface area (Å²) in [5, 5.41) is 21.3. The van der Waals surface area contributed by atoms with Gasteiger partial charge in [-0.05, 0) is 73.9 Å². The number of para-hydroxylation sites is 1. The molecule has 3 aromatic carbocycles. The maximum absolute atomic E-state index is 13.4. The Bertz CT molecular complexity index is 2670. The molecular weight excluding hydrogens is 768 g/mol. The van der Waals surface area contributed by atoms with E-state index in [4.69, 9.17) is 5.10 Å². The van der Waals surface area contributed by atoms with Crippen molar-refractivity contribution >= 4 is 45.3 Å². The molecule has 2 fully saturated rings. The number of piperazine rings is 1. The Labute approximate surface area is 335 Å². The monoisotopic (exact) mass is 809 g/mol. The van der Waals surface area contributed by atoms with Crippen LogP contribution in [0, 0.1) is 0 Å². The first-order valence-corrected chi connectivity index (χ1v) is 19.2. The molecule has 306 valence electrons. The predicted octanol–water partition coefficient (Wildman–Crippen LogP) is 4.87. The van der Waals surface area contributed by atoms with E-state index in [1.165, 1.54) is 10.6 Å². The third-order valence-corrected chi connectivity index (χ3v) is 11.0. The van der Waals surface area contributed by atoms with Crippen molar-refractivity contribution in [2.45, 2.75) is 57.6 Å². The number of carbonyl (C=O) groups is 3. The first-order chi connectivity index (χ1) is 28.0. The summed E-state index contributed by atoms with van der Waals surface area (Å²) in [7, 11) is 1.72. The fraction of sp³-hybridized carbons (Fsp3) is 0.333. The van der Waals surface area contributed by atoms with Gasteiger partial charge in [-0.3, -0.25) is 38.6 Å². The van der Waals surface area contributed by atoms with Crippen molar-refractivity contribution in [2.75, 3.05) is 31.5 Å². The Morgan fingerprint density at radius 2 is 1.63 bits per heavy atom. The lowest BCUT2D eigenvalue weighted by atomic mass is 9.95. The number of carbonyl (C=O) groups excluding carboxylic acids is 3. The van der Waals surface area contributed by atoms with Gasteiger partial charge in [-0.2, -0.15) is 18.3 Å². The van der Waals surface area contributed by atoms with Crippen LogP contribution in [0.1, 0.15) is 65.6 Å². The van der Waals surface area contributed by atoms with E-state index >= 15 is 0 Å². The molecule has 2 aliphatic heterocycles. The van der Waals surface area contributed by atoms with Crippen molar-refractivity contribution in [2.24, 2.45) is 7.05 Å². The molecule has 5 heterocycles. The number of benzene rings is 3. The molecule has 2 saturated heterocycles. The van der Waals surface area contributed by atoms with Crippen LogP contribution in [-0.4, -0.2) is 82.7 Å². The van der Waals surface area contributed by atoms with Gasteiger partial charge in [0.1, 0.15) is 17.4 Å². The maximum Gasteiger partial charge on any atom is 0.433 e. The minimum absolute atomic E-state index is 0.185. The van der Waals surface area contributed by atoms with E-state index in [0.29, 0.717) is 28.5 Å². The maximum atomic E-state index is 13.4. The van der Waals surface area contributed by atoms with Gasteiger partial charge < -0.3 is 10.4 Å². The van der Waals surface area contributed by atoms with Crippen molar-refractivity contribution < 1.29 is 32.7 Å². The van der Waals surface area contributed by atoms with E-state index in [1.807, 2.05) is 42.5 Å². The minimum atomic E-state index is -4.71. The highest BCUT2D eigenvalue weighted by atomic mass is 19.4. The zero-order chi connectivity index (χ0) is 41.8. The SMILES string of the molecule is Cn1c(=O)n(C2CCC(=O)NC2=O)c2cccc(CN3CCN(Cc4ccc(-n5cc6cc(NC(=O)c7cccc(C(F)(F)F)n7)c(C(C)(C)O)cc6n5)cc4)CC3)c21. The van der Waals surface area contributed by atoms with Crippen LogP contribution in [0.2, 0.25) is 0 Å². The molecule has 3 aromatic heterocycles. The molecule has 2 aliphatic rings. The number of pyridine rings is 1. The van der Waals surface area contributed by atoms with Gasteiger partial charge in [0.05, 0.1) is 27.8 Å². The first kappa shape index (κ1) is 39.6. The summed E-state index contributed by atoms with van der Waals surface area (Å²) < 4.78 is 44.5.